The van der Waals surface area contributed by atoms with Crippen LogP contribution in [0.4, 0.5) is 0 Å². The molecule has 0 aliphatic carbocycles. The first-order chi connectivity index (χ1) is 11.1. The van der Waals surface area contributed by atoms with Crippen LogP contribution < -0.4 is 0 Å². The summed E-state index contributed by atoms with van der Waals surface area (Å²) in [4.78, 5) is 52.9. The van der Waals surface area contributed by atoms with E-state index in [1.54, 1.807) is 24.3 Å². The minimum Gasteiger partial charge on any atom is -0.324 e. The standard InChI is InChI=1S/C13H21NO8P2/c1-11(13(23(16,17)18)24(19,20)21)7-8-14(10-15)22-9-12-5-3-2-4-6-12/h2-6,10-11,13H,7-9H2,1H3,(H2,16,17,18)(H2,19,20,21). The molecule has 0 spiro atoms. The van der Waals surface area contributed by atoms with Gasteiger partial charge in [-0.15, -0.1) is 0 Å². The summed E-state index contributed by atoms with van der Waals surface area (Å²) < 4.78 is 22.7. The molecule has 9 nitrogen and oxygen atoms in total. The van der Waals surface area contributed by atoms with Gasteiger partial charge in [0, 0.05) is 6.54 Å². The molecule has 1 rings (SSSR count). The molecule has 0 radical (unpaired) electrons. The van der Waals surface area contributed by atoms with Crippen LogP contribution in [-0.4, -0.2) is 43.0 Å². The van der Waals surface area contributed by atoms with Crippen LogP contribution in [-0.2, 0) is 25.4 Å². The lowest BCUT2D eigenvalue weighted by Crippen LogP contribution is -2.28. The number of hydrogen-bond acceptors (Lipinski definition) is 4. The number of rotatable bonds is 10. The lowest BCUT2D eigenvalue weighted by atomic mass is 10.1. The van der Waals surface area contributed by atoms with Crippen LogP contribution in [0.2, 0.25) is 0 Å². The highest BCUT2D eigenvalue weighted by molar-refractivity contribution is 7.70. The first-order valence-electron chi connectivity index (χ1n) is 7.05. The summed E-state index contributed by atoms with van der Waals surface area (Å²) in [7, 11) is -9.99. The molecule has 0 aliphatic rings. The van der Waals surface area contributed by atoms with E-state index in [0.29, 0.717) is 6.41 Å². The monoisotopic (exact) mass is 381 g/mol. The van der Waals surface area contributed by atoms with Crippen LogP contribution in [0.3, 0.4) is 0 Å². The van der Waals surface area contributed by atoms with Gasteiger partial charge in [-0.3, -0.25) is 18.8 Å². The number of hydroxylamine groups is 2. The number of benzene rings is 1. The Kier molecular flexibility index (Phi) is 7.76. The Morgan fingerprint density at radius 2 is 1.67 bits per heavy atom. The van der Waals surface area contributed by atoms with Crippen LogP contribution in [0.1, 0.15) is 18.9 Å². The maximum atomic E-state index is 11.3. The van der Waals surface area contributed by atoms with Crippen LogP contribution in [0, 0.1) is 5.92 Å². The summed E-state index contributed by atoms with van der Waals surface area (Å²) in [5.74, 6) is -1.02. The Hall–Kier alpha value is -1.05. The van der Waals surface area contributed by atoms with Gasteiger partial charge < -0.3 is 19.6 Å². The number of carbonyl (C=O) groups excluding carboxylic acids is 1. The predicted octanol–water partition coefficient (Wildman–Crippen LogP) is 1.28. The maximum Gasteiger partial charge on any atom is 0.340 e. The van der Waals surface area contributed by atoms with E-state index in [0.717, 1.165) is 10.6 Å². The van der Waals surface area contributed by atoms with E-state index >= 15 is 0 Å². The Balaban J connectivity index is 2.62. The van der Waals surface area contributed by atoms with Crippen molar-refractivity contribution < 1.29 is 38.3 Å². The van der Waals surface area contributed by atoms with Gasteiger partial charge in [-0.25, -0.2) is 5.06 Å². The van der Waals surface area contributed by atoms with Crippen molar-refractivity contribution in [1.82, 2.24) is 5.06 Å². The summed E-state index contributed by atoms with van der Waals surface area (Å²) in [6, 6.07) is 9.02. The van der Waals surface area contributed by atoms with Crippen molar-refractivity contribution in [3.05, 3.63) is 35.9 Å². The molecule has 11 heteroatoms. The lowest BCUT2D eigenvalue weighted by Gasteiger charge is -2.26. The number of amides is 1. The Labute approximate surface area is 139 Å². The average Bonchev–Trinajstić information content (AvgIpc) is 2.45. The molecule has 1 amide bonds. The highest BCUT2D eigenvalue weighted by atomic mass is 31.2. The van der Waals surface area contributed by atoms with Gasteiger partial charge in [-0.2, -0.15) is 0 Å². The molecule has 0 heterocycles. The molecule has 24 heavy (non-hydrogen) atoms. The molecule has 4 N–H and O–H groups in total. The number of hydrogen-bond donors (Lipinski definition) is 4. The van der Waals surface area contributed by atoms with Crippen molar-refractivity contribution in [1.29, 1.82) is 0 Å². The number of carbonyl (C=O) groups is 1. The van der Waals surface area contributed by atoms with E-state index in [2.05, 4.69) is 0 Å². The third-order valence-corrected chi connectivity index (χ3v) is 7.56. The lowest BCUT2D eigenvalue weighted by molar-refractivity contribution is -0.178. The first-order valence-corrected chi connectivity index (χ1v) is 10.4. The molecule has 1 aromatic rings. The Morgan fingerprint density at radius 3 is 2.12 bits per heavy atom. The molecule has 0 fully saturated rings. The van der Waals surface area contributed by atoms with Gasteiger partial charge in [-0.05, 0) is 17.9 Å². The van der Waals surface area contributed by atoms with Crippen molar-refractivity contribution in [3.63, 3.8) is 0 Å². The Bertz CT molecular complexity index is 592. The molecule has 0 saturated carbocycles. The van der Waals surface area contributed by atoms with E-state index in [1.165, 1.54) is 6.92 Å². The molecule has 0 bridgehead atoms. The van der Waals surface area contributed by atoms with Crippen molar-refractivity contribution in [3.8, 4) is 0 Å². The van der Waals surface area contributed by atoms with Crippen molar-refractivity contribution >= 4 is 21.6 Å². The van der Waals surface area contributed by atoms with Gasteiger partial charge in [0.05, 0.1) is 0 Å². The molecule has 1 atom stereocenters. The fourth-order valence-electron chi connectivity index (χ4n) is 2.22. The molecule has 136 valence electrons. The van der Waals surface area contributed by atoms with Gasteiger partial charge in [0.1, 0.15) is 6.61 Å². The second kappa shape index (κ2) is 8.87. The summed E-state index contributed by atoms with van der Waals surface area (Å²) in [6.07, 6.45) is 0.355. The SMILES string of the molecule is CC(CCN(C=O)OCc1ccccc1)C(P(=O)(O)O)P(=O)(O)O. The van der Waals surface area contributed by atoms with Crippen molar-refractivity contribution in [2.24, 2.45) is 5.92 Å². The molecular formula is C13H21NO8P2. The van der Waals surface area contributed by atoms with Gasteiger partial charge in [0.15, 0.2) is 5.40 Å². The largest absolute Gasteiger partial charge is 0.340 e. The number of nitrogens with zero attached hydrogens (tertiary/aromatic N) is 1. The van der Waals surface area contributed by atoms with Crippen LogP contribution in [0.25, 0.3) is 0 Å². The van der Waals surface area contributed by atoms with E-state index in [-0.39, 0.29) is 19.6 Å². The second-order valence-corrected chi connectivity index (χ2v) is 9.24. The van der Waals surface area contributed by atoms with Gasteiger partial charge in [0.25, 0.3) is 0 Å². The molecule has 0 aliphatic heterocycles. The van der Waals surface area contributed by atoms with Crippen LogP contribution in [0.5, 0.6) is 0 Å². The zero-order valence-corrected chi connectivity index (χ0v) is 14.8. The van der Waals surface area contributed by atoms with E-state index in [1.807, 2.05) is 6.07 Å². The molecule has 1 unspecified atom stereocenters. The maximum absolute atomic E-state index is 11.3. The molecule has 0 saturated heterocycles. The summed E-state index contributed by atoms with van der Waals surface area (Å²) >= 11 is 0. The predicted molar refractivity (Wildman–Crippen MR) is 85.7 cm³/mol. The minimum atomic E-state index is -5.00. The topological polar surface area (TPSA) is 145 Å². The third kappa shape index (κ3) is 6.83. The Morgan fingerprint density at radius 1 is 1.12 bits per heavy atom. The third-order valence-electron chi connectivity index (χ3n) is 3.36. The van der Waals surface area contributed by atoms with Crippen molar-refractivity contribution in [2.75, 3.05) is 6.54 Å². The van der Waals surface area contributed by atoms with E-state index < -0.39 is 26.5 Å². The van der Waals surface area contributed by atoms with Gasteiger partial charge >= 0.3 is 15.2 Å². The first kappa shape index (κ1) is 21.0. The summed E-state index contributed by atoms with van der Waals surface area (Å²) in [6.45, 7) is 1.37. The fraction of sp³-hybridized carbons (Fsp3) is 0.462. The smallest absolute Gasteiger partial charge is 0.324 e. The molecule has 0 aromatic heterocycles. The zero-order chi connectivity index (χ0) is 18.4. The summed E-state index contributed by atoms with van der Waals surface area (Å²) in [5.41, 5.74) is 0.820. The highest BCUT2D eigenvalue weighted by Gasteiger charge is 2.46. The van der Waals surface area contributed by atoms with Gasteiger partial charge in [-0.1, -0.05) is 37.3 Å². The van der Waals surface area contributed by atoms with Crippen LogP contribution >= 0.6 is 15.2 Å². The summed E-state index contributed by atoms with van der Waals surface area (Å²) in [5, 5.41) is -1.17. The van der Waals surface area contributed by atoms with E-state index in [9.17, 15) is 13.9 Å². The molecular weight excluding hydrogens is 360 g/mol. The fourth-order valence-corrected chi connectivity index (χ4v) is 5.41. The van der Waals surface area contributed by atoms with Gasteiger partial charge in [0.2, 0.25) is 6.41 Å². The molecule has 1 aromatic carbocycles. The minimum absolute atomic E-state index is 0.0472. The highest BCUT2D eigenvalue weighted by Crippen LogP contribution is 2.63. The normalized spacial score (nSPS) is 13.8. The van der Waals surface area contributed by atoms with Crippen molar-refractivity contribution in [2.45, 2.75) is 25.4 Å². The zero-order valence-electron chi connectivity index (χ0n) is 13.0. The van der Waals surface area contributed by atoms with E-state index in [4.69, 9.17) is 24.4 Å². The van der Waals surface area contributed by atoms with Crippen LogP contribution in [0.15, 0.2) is 30.3 Å². The second-order valence-electron chi connectivity index (χ2n) is 5.36. The average molecular weight is 381 g/mol. The quantitative estimate of drug-likeness (QED) is 0.269.